The Hall–Kier alpha value is -5.29. The maximum Gasteiger partial charge on any atom is 0.491 e. The Labute approximate surface area is 280 Å². The van der Waals surface area contributed by atoms with Gasteiger partial charge in [-0.1, -0.05) is 72.5 Å². The summed E-state index contributed by atoms with van der Waals surface area (Å²) in [6.07, 6.45) is -6.31. The van der Waals surface area contributed by atoms with Crippen molar-refractivity contribution in [3.05, 3.63) is 101 Å². The lowest BCUT2D eigenvalue weighted by molar-refractivity contribution is -0.202. The van der Waals surface area contributed by atoms with Crippen LogP contribution in [0, 0.1) is 11.8 Å². The van der Waals surface area contributed by atoms with Gasteiger partial charge in [-0.05, 0) is 43.2 Å². The van der Waals surface area contributed by atoms with Crippen molar-refractivity contribution in [3.63, 3.8) is 0 Å². The van der Waals surface area contributed by atoms with Crippen LogP contribution in [0.4, 0.5) is 18.9 Å². The molecule has 0 saturated carbocycles. The fraction of sp³-hybridized carbons (Fsp3) is 0.265. The topological polar surface area (TPSA) is 148 Å². The lowest BCUT2D eigenvalue weighted by atomic mass is 9.95. The Morgan fingerprint density at radius 3 is 2.21 bits per heavy atom. The van der Waals surface area contributed by atoms with Crippen LogP contribution in [0.15, 0.2) is 83.9 Å². The third-order valence-corrected chi connectivity index (χ3v) is 7.54. The molecule has 0 spiro atoms. The first-order valence-corrected chi connectivity index (χ1v) is 15.2. The number of nitrogens with two attached hydrogens (primary N) is 2. The summed E-state index contributed by atoms with van der Waals surface area (Å²) < 4.78 is 43.2. The number of halogens is 3. The molecule has 4 N–H and O–H groups in total. The zero-order chi connectivity index (χ0) is 35.2. The van der Waals surface area contributed by atoms with E-state index in [4.69, 9.17) is 11.5 Å². The largest absolute Gasteiger partial charge is 0.491 e. The lowest BCUT2D eigenvalue weighted by Gasteiger charge is -2.37. The quantitative estimate of drug-likeness (QED) is 0.0803. The van der Waals surface area contributed by atoms with E-state index < -0.39 is 59.7 Å². The van der Waals surface area contributed by atoms with Crippen LogP contribution in [0.5, 0.6) is 0 Å². The summed E-state index contributed by atoms with van der Waals surface area (Å²) in [5.41, 5.74) is 12.1. The summed E-state index contributed by atoms with van der Waals surface area (Å²) >= 11 is 4.37. The van der Waals surface area contributed by atoms with E-state index >= 15 is 0 Å². The maximum absolute atomic E-state index is 14.8. The number of alkyl halides is 3. The average molecular weight is 680 g/mol. The van der Waals surface area contributed by atoms with Crippen LogP contribution < -0.4 is 16.4 Å². The summed E-state index contributed by atoms with van der Waals surface area (Å²) in [5, 5.41) is -0.554. The van der Waals surface area contributed by atoms with Gasteiger partial charge in [0.05, 0.1) is 35.5 Å². The van der Waals surface area contributed by atoms with E-state index in [0.29, 0.717) is 16.7 Å². The molecule has 10 nitrogen and oxygen atoms in total. The number of thiol groups is 1. The molecule has 1 heterocycles. The zero-order valence-corrected chi connectivity index (χ0v) is 26.7. The van der Waals surface area contributed by atoms with E-state index in [-0.39, 0.29) is 23.8 Å². The highest BCUT2D eigenvalue weighted by molar-refractivity contribution is 7.81. The van der Waals surface area contributed by atoms with Crippen molar-refractivity contribution in [1.82, 2.24) is 4.90 Å². The fourth-order valence-electron chi connectivity index (χ4n) is 5.23. The van der Waals surface area contributed by atoms with Crippen LogP contribution in [0.2, 0.25) is 0 Å². The highest BCUT2D eigenvalue weighted by Gasteiger charge is 2.47. The number of fused-ring (bicyclic) bond motifs is 1. The monoisotopic (exact) mass is 679 g/mol. The van der Waals surface area contributed by atoms with Gasteiger partial charge in [0.2, 0.25) is 0 Å². The van der Waals surface area contributed by atoms with Crippen molar-refractivity contribution in [2.75, 3.05) is 11.4 Å². The summed E-state index contributed by atoms with van der Waals surface area (Å²) in [4.78, 5) is 60.4. The fourth-order valence-corrected chi connectivity index (χ4v) is 5.38. The molecule has 3 aromatic carbocycles. The number of anilines is 1. The van der Waals surface area contributed by atoms with Gasteiger partial charge in [0, 0.05) is 11.6 Å². The Bertz CT molecular complexity index is 1770. The van der Waals surface area contributed by atoms with Crippen LogP contribution in [0.25, 0.3) is 0 Å². The van der Waals surface area contributed by atoms with Crippen molar-refractivity contribution in [3.8, 4) is 11.8 Å². The number of hydrogen-bond acceptors (Lipinski definition) is 7. The molecular weight excluding hydrogens is 647 g/mol. The summed E-state index contributed by atoms with van der Waals surface area (Å²) in [6.45, 7) is 3.64. The number of rotatable bonds is 8. The Kier molecular flexibility index (Phi) is 11.2. The van der Waals surface area contributed by atoms with E-state index in [1.807, 2.05) is 0 Å². The highest BCUT2D eigenvalue weighted by atomic mass is 32.1. The molecule has 3 aromatic rings. The van der Waals surface area contributed by atoms with Gasteiger partial charge in [-0.25, -0.2) is 4.79 Å². The van der Waals surface area contributed by atoms with Gasteiger partial charge < -0.3 is 26.0 Å². The standard InChI is InChI=1S/C34H32F3N5O5S/c1-20(2)41-26-16-14-21(13-15-24(48)19-40-33(38)39)17-25(26)30(44)42(29(31(41)45)23-11-7-4-8-12-23)27(22-9-5-3-6-10-22)18-28(43)47-32(46)34(35,36)37/h3-12,14,16-17,20,24,27,29,48H,18-19H2,1-2H3,(H4,38,39,40). The van der Waals surface area contributed by atoms with Gasteiger partial charge >= 0.3 is 18.1 Å². The molecule has 0 bridgehead atoms. The van der Waals surface area contributed by atoms with Gasteiger partial charge in [0.15, 0.2) is 5.96 Å². The number of aliphatic imine (C=N–C) groups is 1. The number of guanidine groups is 1. The number of amides is 2. The first-order chi connectivity index (χ1) is 22.7. The normalized spacial score (nSPS) is 15.9. The van der Waals surface area contributed by atoms with Crippen LogP contribution in [-0.2, 0) is 19.1 Å². The molecule has 0 radical (unpaired) electrons. The van der Waals surface area contributed by atoms with E-state index in [9.17, 15) is 32.3 Å². The Morgan fingerprint density at radius 2 is 1.62 bits per heavy atom. The number of hydrogen-bond donors (Lipinski definition) is 3. The molecule has 3 atom stereocenters. The molecule has 0 aromatic heterocycles. The van der Waals surface area contributed by atoms with Crippen LogP contribution in [0.1, 0.15) is 59.4 Å². The minimum absolute atomic E-state index is 0.0443. The van der Waals surface area contributed by atoms with Crippen LogP contribution in [0.3, 0.4) is 0 Å². The van der Waals surface area contributed by atoms with Gasteiger partial charge in [-0.15, -0.1) is 0 Å². The van der Waals surface area contributed by atoms with Gasteiger partial charge in [0.1, 0.15) is 6.04 Å². The molecule has 0 aliphatic carbocycles. The number of ether oxygens (including phenoxy) is 1. The third-order valence-electron chi connectivity index (χ3n) is 7.25. The molecule has 250 valence electrons. The number of esters is 2. The molecule has 0 saturated heterocycles. The SMILES string of the molecule is CC(C)N1C(=O)C(c2ccccc2)N(C(CC(=O)OC(=O)C(F)(F)F)c2ccccc2)C(=O)c2cc(C#CC(S)CN=C(N)N)ccc21. The zero-order valence-electron chi connectivity index (χ0n) is 25.8. The first-order valence-electron chi connectivity index (χ1n) is 14.7. The molecule has 0 fully saturated rings. The van der Waals surface area contributed by atoms with Gasteiger partial charge in [-0.3, -0.25) is 19.4 Å². The van der Waals surface area contributed by atoms with Gasteiger partial charge in [-0.2, -0.15) is 25.8 Å². The van der Waals surface area contributed by atoms with Crippen LogP contribution in [-0.4, -0.2) is 58.6 Å². The highest BCUT2D eigenvalue weighted by Crippen LogP contribution is 2.42. The van der Waals surface area contributed by atoms with Crippen molar-refractivity contribution < 1.29 is 37.1 Å². The number of carbonyl (C=O) groups is 4. The molecule has 1 aliphatic rings. The number of carbonyl (C=O) groups excluding carboxylic acids is 4. The summed E-state index contributed by atoms with van der Waals surface area (Å²) in [5.74, 6) is 0.212. The molecule has 1 aliphatic heterocycles. The molecule has 2 amide bonds. The molecule has 48 heavy (non-hydrogen) atoms. The third kappa shape index (κ3) is 8.34. The van der Waals surface area contributed by atoms with Crippen molar-refractivity contribution >= 4 is 48.0 Å². The number of benzene rings is 3. The maximum atomic E-state index is 14.8. The smallest absolute Gasteiger partial charge is 0.386 e. The minimum Gasteiger partial charge on any atom is -0.386 e. The average Bonchev–Trinajstić information content (AvgIpc) is 3.13. The molecule has 3 unspecified atom stereocenters. The second-order valence-electron chi connectivity index (χ2n) is 11.0. The summed E-state index contributed by atoms with van der Waals surface area (Å²) in [7, 11) is 0. The lowest BCUT2D eigenvalue weighted by Crippen LogP contribution is -2.46. The van der Waals surface area contributed by atoms with Crippen LogP contribution >= 0.6 is 12.6 Å². The van der Waals surface area contributed by atoms with E-state index in [2.05, 4.69) is 34.2 Å². The Morgan fingerprint density at radius 1 is 1.00 bits per heavy atom. The van der Waals surface area contributed by atoms with Crippen molar-refractivity contribution in [2.24, 2.45) is 16.5 Å². The van der Waals surface area contributed by atoms with E-state index in [1.165, 1.54) is 11.0 Å². The van der Waals surface area contributed by atoms with Crippen molar-refractivity contribution in [2.45, 2.75) is 49.8 Å². The summed E-state index contributed by atoms with van der Waals surface area (Å²) in [6, 6.07) is 17.8. The van der Waals surface area contributed by atoms with E-state index in [0.717, 1.165) is 4.90 Å². The second kappa shape index (κ2) is 15.1. The predicted octanol–water partition coefficient (Wildman–Crippen LogP) is 4.31. The predicted molar refractivity (Wildman–Crippen MR) is 176 cm³/mol. The van der Waals surface area contributed by atoms with Crippen molar-refractivity contribution in [1.29, 1.82) is 0 Å². The first kappa shape index (κ1) is 35.6. The molecule has 14 heteroatoms. The number of nitrogens with zero attached hydrogens (tertiary/aromatic N) is 3. The van der Waals surface area contributed by atoms with E-state index in [1.54, 1.807) is 86.6 Å². The molecular formula is C34H32F3N5O5S. The van der Waals surface area contributed by atoms with Gasteiger partial charge in [0.25, 0.3) is 11.8 Å². The molecule has 4 rings (SSSR count). The Balaban J connectivity index is 1.92. The second-order valence-corrected chi connectivity index (χ2v) is 11.6. The minimum atomic E-state index is -5.43.